The highest BCUT2D eigenvalue weighted by Crippen LogP contribution is 2.19. The Labute approximate surface area is 112 Å². The summed E-state index contributed by atoms with van der Waals surface area (Å²) in [6, 6.07) is 10.00. The molecule has 0 radical (unpaired) electrons. The second kappa shape index (κ2) is 10.1. The molecule has 1 rings (SSSR count). The monoisotopic (exact) mass is 248 g/mol. The number of unbranched alkanes of at least 4 members (excludes halogenated alkanes) is 7. The van der Waals surface area contributed by atoms with E-state index in [0.29, 0.717) is 0 Å². The first kappa shape index (κ1) is 15.2. The molecule has 1 N–H and O–H groups in total. The van der Waals surface area contributed by atoms with Crippen molar-refractivity contribution in [1.29, 1.82) is 0 Å². The molecule has 0 aliphatic rings. The van der Waals surface area contributed by atoms with Crippen molar-refractivity contribution in [2.45, 2.75) is 70.8 Å². The van der Waals surface area contributed by atoms with Gasteiger partial charge in [-0.3, -0.25) is 0 Å². The lowest BCUT2D eigenvalue weighted by atomic mass is 10.0. The van der Waals surface area contributed by atoms with Crippen molar-refractivity contribution in [2.75, 3.05) is 0 Å². The maximum absolute atomic E-state index is 9.99. The Bertz CT molecular complexity index is 281. The molecule has 0 fully saturated rings. The van der Waals surface area contributed by atoms with E-state index in [9.17, 15) is 5.11 Å². The van der Waals surface area contributed by atoms with Gasteiger partial charge >= 0.3 is 0 Å². The smallest absolute Gasteiger partial charge is 0.0790 e. The quantitative estimate of drug-likeness (QED) is 0.561. The topological polar surface area (TPSA) is 20.2 Å². The van der Waals surface area contributed by atoms with Crippen LogP contribution in [-0.4, -0.2) is 5.11 Å². The number of rotatable bonds is 10. The molecule has 0 aliphatic heterocycles. The van der Waals surface area contributed by atoms with E-state index < -0.39 is 0 Å². The van der Waals surface area contributed by atoms with E-state index in [1.165, 1.54) is 44.9 Å². The molecule has 0 amide bonds. The third kappa shape index (κ3) is 6.80. The van der Waals surface area contributed by atoms with Crippen LogP contribution in [0.2, 0.25) is 0 Å². The summed E-state index contributed by atoms with van der Waals surface area (Å²) in [5.74, 6) is 0. The van der Waals surface area contributed by atoms with Crippen LogP contribution in [-0.2, 0) is 0 Å². The summed E-state index contributed by atoms with van der Waals surface area (Å²) in [5.41, 5.74) is 1.06. The molecule has 0 bridgehead atoms. The van der Waals surface area contributed by atoms with Crippen molar-refractivity contribution >= 4 is 0 Å². The summed E-state index contributed by atoms with van der Waals surface area (Å²) in [5, 5.41) is 9.99. The van der Waals surface area contributed by atoms with Crippen LogP contribution in [0.1, 0.15) is 76.4 Å². The van der Waals surface area contributed by atoms with Crippen molar-refractivity contribution in [2.24, 2.45) is 0 Å². The summed E-state index contributed by atoms with van der Waals surface area (Å²) in [6.07, 6.45) is 11.2. The molecule has 18 heavy (non-hydrogen) atoms. The standard InChI is InChI=1S/C17H28O/c1-2-3-4-5-6-7-8-12-15-17(18)16-13-10-9-11-14-16/h9-11,13-14,17-18H,2-8,12,15H2,1H3/t17-/m1/s1. The van der Waals surface area contributed by atoms with E-state index in [-0.39, 0.29) is 6.10 Å². The van der Waals surface area contributed by atoms with Gasteiger partial charge in [-0.2, -0.15) is 0 Å². The molecular weight excluding hydrogens is 220 g/mol. The minimum absolute atomic E-state index is 0.272. The molecule has 0 saturated heterocycles. The molecule has 0 saturated carbocycles. The van der Waals surface area contributed by atoms with Gasteiger partial charge in [0, 0.05) is 0 Å². The lowest BCUT2D eigenvalue weighted by Crippen LogP contribution is -1.96. The van der Waals surface area contributed by atoms with Crippen molar-refractivity contribution in [3.63, 3.8) is 0 Å². The molecule has 0 unspecified atom stereocenters. The zero-order valence-electron chi connectivity index (χ0n) is 11.8. The van der Waals surface area contributed by atoms with Gasteiger partial charge in [0.1, 0.15) is 0 Å². The lowest BCUT2D eigenvalue weighted by molar-refractivity contribution is 0.163. The average molecular weight is 248 g/mol. The van der Waals surface area contributed by atoms with Crippen LogP contribution in [0.4, 0.5) is 0 Å². The predicted molar refractivity (Wildman–Crippen MR) is 78.6 cm³/mol. The van der Waals surface area contributed by atoms with Gasteiger partial charge in [-0.1, -0.05) is 88.6 Å². The zero-order chi connectivity index (χ0) is 13.1. The zero-order valence-corrected chi connectivity index (χ0v) is 11.8. The maximum atomic E-state index is 9.99. The summed E-state index contributed by atoms with van der Waals surface area (Å²) in [6.45, 7) is 2.25. The van der Waals surface area contributed by atoms with Crippen LogP contribution in [0, 0.1) is 0 Å². The van der Waals surface area contributed by atoms with E-state index in [0.717, 1.165) is 18.4 Å². The Morgan fingerprint density at radius 1 is 0.833 bits per heavy atom. The van der Waals surface area contributed by atoms with Crippen LogP contribution >= 0.6 is 0 Å². The normalized spacial score (nSPS) is 12.6. The highest BCUT2D eigenvalue weighted by atomic mass is 16.3. The van der Waals surface area contributed by atoms with Crippen LogP contribution in [0.3, 0.4) is 0 Å². The van der Waals surface area contributed by atoms with Gasteiger partial charge in [0.2, 0.25) is 0 Å². The van der Waals surface area contributed by atoms with E-state index in [1.54, 1.807) is 0 Å². The van der Waals surface area contributed by atoms with Gasteiger partial charge in [-0.15, -0.1) is 0 Å². The summed E-state index contributed by atoms with van der Waals surface area (Å²) in [4.78, 5) is 0. The fourth-order valence-electron chi connectivity index (χ4n) is 2.31. The molecule has 0 aliphatic carbocycles. The molecule has 0 aromatic heterocycles. The minimum Gasteiger partial charge on any atom is -0.388 e. The van der Waals surface area contributed by atoms with Gasteiger partial charge in [0.25, 0.3) is 0 Å². The molecule has 1 atom stereocenters. The minimum atomic E-state index is -0.272. The molecule has 1 aromatic rings. The number of benzene rings is 1. The summed E-state index contributed by atoms with van der Waals surface area (Å²) >= 11 is 0. The third-order valence-corrected chi connectivity index (χ3v) is 3.52. The van der Waals surface area contributed by atoms with Crippen LogP contribution < -0.4 is 0 Å². The first-order valence-corrected chi connectivity index (χ1v) is 7.57. The highest BCUT2D eigenvalue weighted by molar-refractivity contribution is 5.16. The van der Waals surface area contributed by atoms with Gasteiger partial charge in [0.05, 0.1) is 6.10 Å². The summed E-state index contributed by atoms with van der Waals surface area (Å²) in [7, 11) is 0. The number of hydrogen-bond acceptors (Lipinski definition) is 1. The first-order chi connectivity index (χ1) is 8.84. The fourth-order valence-corrected chi connectivity index (χ4v) is 2.31. The van der Waals surface area contributed by atoms with Crippen LogP contribution in [0.15, 0.2) is 30.3 Å². The Hall–Kier alpha value is -0.820. The molecule has 0 heterocycles. The van der Waals surface area contributed by atoms with Gasteiger partial charge in [0.15, 0.2) is 0 Å². The average Bonchev–Trinajstić information content (AvgIpc) is 2.42. The number of hydrogen-bond donors (Lipinski definition) is 1. The maximum Gasteiger partial charge on any atom is 0.0790 e. The molecule has 1 nitrogen and oxygen atoms in total. The first-order valence-electron chi connectivity index (χ1n) is 7.57. The van der Waals surface area contributed by atoms with E-state index in [2.05, 4.69) is 6.92 Å². The Morgan fingerprint density at radius 2 is 1.39 bits per heavy atom. The summed E-state index contributed by atoms with van der Waals surface area (Å²) < 4.78 is 0. The van der Waals surface area contributed by atoms with E-state index in [1.807, 2.05) is 30.3 Å². The second-order valence-corrected chi connectivity index (χ2v) is 5.19. The van der Waals surface area contributed by atoms with Crippen molar-refractivity contribution in [1.82, 2.24) is 0 Å². The lowest BCUT2D eigenvalue weighted by Gasteiger charge is -2.10. The molecule has 0 spiro atoms. The van der Waals surface area contributed by atoms with Crippen LogP contribution in [0.5, 0.6) is 0 Å². The second-order valence-electron chi connectivity index (χ2n) is 5.19. The van der Waals surface area contributed by atoms with Crippen molar-refractivity contribution in [3.8, 4) is 0 Å². The fraction of sp³-hybridized carbons (Fsp3) is 0.647. The van der Waals surface area contributed by atoms with E-state index >= 15 is 0 Å². The number of aliphatic hydroxyl groups excluding tert-OH is 1. The Balaban J connectivity index is 1.98. The van der Waals surface area contributed by atoms with Gasteiger partial charge in [-0.25, -0.2) is 0 Å². The van der Waals surface area contributed by atoms with E-state index in [4.69, 9.17) is 0 Å². The SMILES string of the molecule is CCCCCCCCCC[C@@H](O)c1ccccc1. The molecule has 1 aromatic carbocycles. The highest BCUT2D eigenvalue weighted by Gasteiger charge is 2.05. The van der Waals surface area contributed by atoms with Gasteiger partial charge < -0.3 is 5.11 Å². The van der Waals surface area contributed by atoms with Crippen LogP contribution in [0.25, 0.3) is 0 Å². The Morgan fingerprint density at radius 3 is 2.00 bits per heavy atom. The Kier molecular flexibility index (Phi) is 8.58. The molecule has 102 valence electrons. The van der Waals surface area contributed by atoms with Gasteiger partial charge in [-0.05, 0) is 12.0 Å². The molecule has 1 heteroatoms. The largest absolute Gasteiger partial charge is 0.388 e. The number of aliphatic hydroxyl groups is 1. The predicted octanol–water partition coefficient (Wildman–Crippen LogP) is 5.25. The third-order valence-electron chi connectivity index (χ3n) is 3.52. The van der Waals surface area contributed by atoms with Crippen molar-refractivity contribution in [3.05, 3.63) is 35.9 Å². The van der Waals surface area contributed by atoms with Crippen molar-refractivity contribution < 1.29 is 5.11 Å². The molecular formula is C17H28O.